The van der Waals surface area contributed by atoms with Crippen molar-refractivity contribution in [3.63, 3.8) is 0 Å². The second-order valence-corrected chi connectivity index (χ2v) is 11.3. The first-order valence-electron chi connectivity index (χ1n) is 14.0. The van der Waals surface area contributed by atoms with Crippen LogP contribution in [0.2, 0.25) is 5.02 Å². The first kappa shape index (κ1) is 31.3. The van der Waals surface area contributed by atoms with E-state index in [9.17, 15) is 14.4 Å². The summed E-state index contributed by atoms with van der Waals surface area (Å²) in [4.78, 5) is 48.3. The van der Waals surface area contributed by atoms with Crippen LogP contribution in [0.3, 0.4) is 0 Å². The molecule has 0 saturated heterocycles. The number of benzene rings is 3. The second-order valence-electron chi connectivity index (χ2n) is 10.8. The van der Waals surface area contributed by atoms with Crippen molar-refractivity contribution in [3.05, 3.63) is 125 Å². The van der Waals surface area contributed by atoms with Gasteiger partial charge in [-0.3, -0.25) is 9.59 Å². The van der Waals surface area contributed by atoms with Crippen molar-refractivity contribution >= 4 is 29.5 Å². The molecule has 1 aromatic heterocycles. The van der Waals surface area contributed by atoms with Gasteiger partial charge in [-0.25, -0.2) is 9.78 Å². The number of nitrogens with one attached hydrogen (secondary N) is 3. The molecule has 10 heteroatoms. The van der Waals surface area contributed by atoms with Crippen LogP contribution in [-0.4, -0.2) is 52.4 Å². The Morgan fingerprint density at radius 2 is 1.60 bits per heavy atom. The molecule has 4 rings (SSSR count). The summed E-state index contributed by atoms with van der Waals surface area (Å²) in [5, 5.41) is 6.25. The largest absolute Gasteiger partial charge is 0.445 e. The Morgan fingerprint density at radius 3 is 2.26 bits per heavy atom. The van der Waals surface area contributed by atoms with Crippen LogP contribution >= 0.6 is 11.6 Å². The molecule has 4 aromatic rings. The molecule has 1 heterocycles. The van der Waals surface area contributed by atoms with Crippen molar-refractivity contribution < 1.29 is 19.1 Å². The molecule has 0 aliphatic heterocycles. The number of hydrogen-bond donors (Lipinski definition) is 3. The number of carbonyl (C=O) groups excluding carboxylic acids is 3. The minimum Gasteiger partial charge on any atom is -0.445 e. The number of ether oxygens (including phenoxy) is 1. The Labute approximate surface area is 256 Å². The van der Waals surface area contributed by atoms with Crippen LogP contribution in [0.5, 0.6) is 0 Å². The zero-order chi connectivity index (χ0) is 30.7. The Balaban J connectivity index is 1.46. The van der Waals surface area contributed by atoms with E-state index in [0.29, 0.717) is 17.3 Å². The van der Waals surface area contributed by atoms with Gasteiger partial charge < -0.3 is 25.3 Å². The third kappa shape index (κ3) is 9.44. The van der Waals surface area contributed by atoms with Gasteiger partial charge >= 0.3 is 6.09 Å². The van der Waals surface area contributed by atoms with Crippen LogP contribution in [0.4, 0.5) is 4.79 Å². The van der Waals surface area contributed by atoms with Crippen LogP contribution in [0.25, 0.3) is 0 Å². The summed E-state index contributed by atoms with van der Waals surface area (Å²) in [6.45, 7) is 4.50. The summed E-state index contributed by atoms with van der Waals surface area (Å²) in [6, 6.07) is 26.3. The van der Waals surface area contributed by atoms with E-state index in [0.717, 1.165) is 16.7 Å². The van der Waals surface area contributed by atoms with Gasteiger partial charge in [0, 0.05) is 42.0 Å². The minimum absolute atomic E-state index is 0.0611. The number of aromatic amines is 1. The Kier molecular flexibility index (Phi) is 10.9. The summed E-state index contributed by atoms with van der Waals surface area (Å²) in [5.74, 6) is -1.50. The predicted molar refractivity (Wildman–Crippen MR) is 165 cm³/mol. The highest BCUT2D eigenvalue weighted by atomic mass is 35.5. The molecule has 0 unspecified atom stereocenters. The minimum atomic E-state index is -0.840. The predicted octanol–water partition coefficient (Wildman–Crippen LogP) is 5.20. The molecule has 3 N–H and O–H groups in total. The molecule has 1 atom stereocenters. The maximum Gasteiger partial charge on any atom is 0.407 e. The molecule has 0 spiro atoms. The van der Waals surface area contributed by atoms with E-state index in [-0.39, 0.29) is 43.5 Å². The van der Waals surface area contributed by atoms with Gasteiger partial charge in [0.25, 0.3) is 0 Å². The molecule has 0 saturated carbocycles. The van der Waals surface area contributed by atoms with Gasteiger partial charge in [0.15, 0.2) is 0 Å². The number of H-pyrrole nitrogens is 1. The zero-order valence-corrected chi connectivity index (χ0v) is 25.0. The number of nitrogens with zero attached hydrogens (tertiary/aromatic N) is 2. The average Bonchev–Trinajstić information content (AvgIpc) is 3.55. The Morgan fingerprint density at radius 1 is 0.930 bits per heavy atom. The Hall–Kier alpha value is -4.63. The van der Waals surface area contributed by atoms with Crippen LogP contribution in [0.15, 0.2) is 97.5 Å². The molecule has 224 valence electrons. The van der Waals surface area contributed by atoms with E-state index in [1.165, 1.54) is 17.4 Å². The van der Waals surface area contributed by atoms with E-state index in [1.54, 1.807) is 12.1 Å². The van der Waals surface area contributed by atoms with Gasteiger partial charge in [-0.05, 0) is 28.8 Å². The molecular formula is C33H36ClN5O4. The van der Waals surface area contributed by atoms with E-state index >= 15 is 0 Å². The second kappa shape index (κ2) is 15.0. The standard InChI is InChI=1S/C33H36ClN5O4/c1-33(2,26-11-7-4-8-12-26)22-37-30(40)20-39(19-24-13-15-27(34)16-14-24)31(41)28(29-18-35-23-38-29)17-36-32(42)43-21-25-9-5-3-6-10-25/h3-16,18,23,28H,17,19-22H2,1-2H3,(H,35,38)(H,36,42)(H,37,40)/t28-/m0/s1. The molecule has 0 radical (unpaired) electrons. The number of halogens is 1. The van der Waals surface area contributed by atoms with Crippen molar-refractivity contribution in [2.24, 2.45) is 0 Å². The number of aromatic nitrogens is 2. The molecule has 3 aromatic carbocycles. The van der Waals surface area contributed by atoms with Crippen molar-refractivity contribution in [1.29, 1.82) is 0 Å². The number of hydrogen-bond acceptors (Lipinski definition) is 5. The maximum absolute atomic E-state index is 14.0. The quantitative estimate of drug-likeness (QED) is 0.195. The van der Waals surface area contributed by atoms with Crippen LogP contribution < -0.4 is 10.6 Å². The van der Waals surface area contributed by atoms with Crippen molar-refractivity contribution in [1.82, 2.24) is 25.5 Å². The van der Waals surface area contributed by atoms with E-state index in [1.807, 2.05) is 72.8 Å². The number of imidazole rings is 1. The summed E-state index contributed by atoms with van der Waals surface area (Å²) in [6.07, 6.45) is 2.33. The first-order valence-corrected chi connectivity index (χ1v) is 14.4. The fourth-order valence-corrected chi connectivity index (χ4v) is 4.66. The van der Waals surface area contributed by atoms with Crippen LogP contribution in [0, 0.1) is 0 Å². The summed E-state index contributed by atoms with van der Waals surface area (Å²) in [7, 11) is 0. The first-order chi connectivity index (χ1) is 20.7. The maximum atomic E-state index is 14.0. The normalized spacial score (nSPS) is 11.8. The zero-order valence-electron chi connectivity index (χ0n) is 24.3. The summed E-state index contributed by atoms with van der Waals surface area (Å²) >= 11 is 6.08. The molecule has 0 aliphatic rings. The van der Waals surface area contributed by atoms with Crippen molar-refractivity contribution in [3.8, 4) is 0 Å². The van der Waals surface area contributed by atoms with Gasteiger partial charge in [-0.2, -0.15) is 0 Å². The third-order valence-electron chi connectivity index (χ3n) is 7.07. The highest BCUT2D eigenvalue weighted by molar-refractivity contribution is 6.30. The number of amides is 3. The summed E-state index contributed by atoms with van der Waals surface area (Å²) in [5.41, 5.74) is 2.92. The number of alkyl carbamates (subject to hydrolysis) is 1. The molecule has 3 amide bonds. The lowest BCUT2D eigenvalue weighted by Crippen LogP contribution is -2.46. The molecule has 0 aliphatic carbocycles. The molecule has 9 nitrogen and oxygen atoms in total. The smallest absolute Gasteiger partial charge is 0.407 e. The molecule has 43 heavy (non-hydrogen) atoms. The molecule has 0 fully saturated rings. The van der Waals surface area contributed by atoms with E-state index < -0.39 is 12.0 Å². The lowest BCUT2D eigenvalue weighted by molar-refractivity contribution is -0.138. The van der Waals surface area contributed by atoms with Crippen molar-refractivity contribution in [2.45, 2.75) is 38.3 Å². The SMILES string of the molecule is CC(C)(CNC(=O)CN(Cc1ccc(Cl)cc1)C(=O)[C@@H](CNC(=O)OCc1ccccc1)c1cnc[nH]1)c1ccccc1. The number of carbonyl (C=O) groups is 3. The topological polar surface area (TPSA) is 116 Å². The van der Waals surface area contributed by atoms with Gasteiger partial charge in [0.05, 0.1) is 18.8 Å². The van der Waals surface area contributed by atoms with Crippen molar-refractivity contribution in [2.75, 3.05) is 19.6 Å². The van der Waals surface area contributed by atoms with Gasteiger partial charge in [-0.1, -0.05) is 98.2 Å². The monoisotopic (exact) mass is 601 g/mol. The average molecular weight is 602 g/mol. The lowest BCUT2D eigenvalue weighted by atomic mass is 9.84. The number of rotatable bonds is 13. The Bertz CT molecular complexity index is 1460. The molecular weight excluding hydrogens is 566 g/mol. The van der Waals surface area contributed by atoms with E-state index in [4.69, 9.17) is 16.3 Å². The van der Waals surface area contributed by atoms with Crippen LogP contribution in [0.1, 0.15) is 42.1 Å². The van der Waals surface area contributed by atoms with Crippen LogP contribution in [-0.2, 0) is 32.9 Å². The van der Waals surface area contributed by atoms with E-state index in [2.05, 4.69) is 34.4 Å². The molecule has 0 bridgehead atoms. The van der Waals surface area contributed by atoms with Gasteiger partial charge in [0.2, 0.25) is 11.8 Å². The highest BCUT2D eigenvalue weighted by Gasteiger charge is 2.30. The van der Waals surface area contributed by atoms with Gasteiger partial charge in [-0.15, -0.1) is 0 Å². The highest BCUT2D eigenvalue weighted by Crippen LogP contribution is 2.22. The fourth-order valence-electron chi connectivity index (χ4n) is 4.53. The third-order valence-corrected chi connectivity index (χ3v) is 7.32. The summed E-state index contributed by atoms with van der Waals surface area (Å²) < 4.78 is 5.33. The lowest BCUT2D eigenvalue weighted by Gasteiger charge is -2.29. The van der Waals surface area contributed by atoms with Gasteiger partial charge in [0.1, 0.15) is 6.61 Å². The fraction of sp³-hybridized carbons (Fsp3) is 0.273.